The van der Waals surface area contributed by atoms with Gasteiger partial charge in [0.15, 0.2) is 0 Å². The van der Waals surface area contributed by atoms with Gasteiger partial charge in [0.25, 0.3) is 0 Å². The van der Waals surface area contributed by atoms with E-state index >= 15 is 0 Å². The Hall–Kier alpha value is -1.15. The van der Waals surface area contributed by atoms with E-state index < -0.39 is 16.0 Å². The number of nitrogens with zero attached hydrogens (tertiary/aromatic N) is 1. The van der Waals surface area contributed by atoms with Crippen LogP contribution in [-0.2, 0) is 14.8 Å². The topological polar surface area (TPSA) is 89.7 Å². The summed E-state index contributed by atoms with van der Waals surface area (Å²) in [7, 11) is -2.35. The first-order chi connectivity index (χ1) is 10.8. The second-order valence-corrected chi connectivity index (χ2v) is 7.98. The maximum Gasteiger partial charge on any atom is 0.337 e. The molecule has 136 valence electrons. The summed E-state index contributed by atoms with van der Waals surface area (Å²) < 4.78 is 31.9. The van der Waals surface area contributed by atoms with Crippen molar-refractivity contribution in [3.63, 3.8) is 0 Å². The first kappa shape index (κ1) is 20.9. The van der Waals surface area contributed by atoms with Crippen LogP contribution < -0.4 is 5.73 Å². The predicted molar refractivity (Wildman–Crippen MR) is 94.9 cm³/mol. The number of ether oxygens (including phenoxy) is 1. The minimum atomic E-state index is -3.62. The maximum absolute atomic E-state index is 12.9. The molecule has 1 aliphatic heterocycles. The number of carbonyl (C=O) groups excluding carboxylic acids is 1. The zero-order valence-electron chi connectivity index (χ0n) is 14.2. The lowest BCUT2D eigenvalue weighted by Gasteiger charge is -2.33. The molecule has 1 heterocycles. The molecule has 0 bridgehead atoms. The van der Waals surface area contributed by atoms with Crippen LogP contribution in [0, 0.1) is 12.8 Å². The van der Waals surface area contributed by atoms with Gasteiger partial charge in [0.05, 0.1) is 17.6 Å². The Morgan fingerprint density at radius 2 is 1.92 bits per heavy atom. The molecule has 1 aliphatic rings. The molecule has 1 aromatic carbocycles. The number of esters is 1. The fourth-order valence-electron chi connectivity index (χ4n) is 2.90. The van der Waals surface area contributed by atoms with Gasteiger partial charge in [-0.25, -0.2) is 13.2 Å². The number of hydrogen-bond acceptors (Lipinski definition) is 5. The molecule has 1 saturated heterocycles. The highest BCUT2D eigenvalue weighted by atomic mass is 35.5. The monoisotopic (exact) mass is 376 g/mol. The minimum Gasteiger partial charge on any atom is -0.465 e. The number of hydrogen-bond donors (Lipinski definition) is 1. The quantitative estimate of drug-likeness (QED) is 0.811. The van der Waals surface area contributed by atoms with Crippen molar-refractivity contribution in [1.82, 2.24) is 4.31 Å². The Bertz CT molecular complexity index is 683. The van der Waals surface area contributed by atoms with Gasteiger partial charge in [-0.05, 0) is 50.3 Å². The Balaban J connectivity index is 0.00000288. The number of methoxy groups -OCH3 is 1. The lowest BCUT2D eigenvalue weighted by molar-refractivity contribution is 0.0600. The van der Waals surface area contributed by atoms with Crippen molar-refractivity contribution in [2.24, 2.45) is 11.7 Å². The van der Waals surface area contributed by atoms with Gasteiger partial charge in [-0.2, -0.15) is 4.31 Å². The number of nitrogens with two attached hydrogens (primary N) is 1. The van der Waals surface area contributed by atoms with Crippen LogP contribution in [-0.4, -0.2) is 44.9 Å². The predicted octanol–water partition coefficient (Wildman–Crippen LogP) is 1.95. The second kappa shape index (κ2) is 8.29. The average Bonchev–Trinajstić information content (AvgIpc) is 2.54. The molecule has 2 N–H and O–H groups in total. The van der Waals surface area contributed by atoms with E-state index in [-0.39, 0.29) is 28.9 Å². The van der Waals surface area contributed by atoms with Gasteiger partial charge in [-0.15, -0.1) is 12.4 Å². The number of rotatable bonds is 4. The van der Waals surface area contributed by atoms with E-state index in [1.54, 1.807) is 19.1 Å². The molecule has 1 aromatic rings. The summed E-state index contributed by atoms with van der Waals surface area (Å²) >= 11 is 0. The number of carbonyl (C=O) groups is 1. The fraction of sp³-hybridized carbons (Fsp3) is 0.562. The third kappa shape index (κ3) is 4.27. The van der Waals surface area contributed by atoms with Crippen LogP contribution >= 0.6 is 12.4 Å². The van der Waals surface area contributed by atoms with Crippen LogP contribution in [0.2, 0.25) is 0 Å². The molecule has 0 amide bonds. The van der Waals surface area contributed by atoms with Crippen LogP contribution in [0.4, 0.5) is 0 Å². The molecule has 1 fully saturated rings. The highest BCUT2D eigenvalue weighted by molar-refractivity contribution is 7.89. The summed E-state index contributed by atoms with van der Waals surface area (Å²) in [5, 5.41) is 0. The molecular weight excluding hydrogens is 352 g/mol. The highest BCUT2D eigenvalue weighted by Crippen LogP contribution is 2.27. The van der Waals surface area contributed by atoms with E-state index in [0.29, 0.717) is 24.6 Å². The van der Waals surface area contributed by atoms with E-state index in [1.807, 2.05) is 6.92 Å². The zero-order chi connectivity index (χ0) is 17.2. The molecule has 0 aliphatic carbocycles. The van der Waals surface area contributed by atoms with Gasteiger partial charge >= 0.3 is 5.97 Å². The summed E-state index contributed by atoms with van der Waals surface area (Å²) in [5.74, 6) is -0.193. The van der Waals surface area contributed by atoms with E-state index in [2.05, 4.69) is 4.74 Å². The Morgan fingerprint density at radius 3 is 2.42 bits per heavy atom. The standard InChI is InChI=1S/C16H24N2O4S.ClH/c1-11-4-5-14(16(19)22-3)10-15(11)23(20,21)18-8-6-13(7-9-18)12(2)17;/h4-5,10,12-13H,6-9,17H2,1-3H3;1H. The molecule has 0 saturated carbocycles. The molecule has 0 spiro atoms. The Kier molecular flexibility index (Phi) is 7.22. The summed E-state index contributed by atoms with van der Waals surface area (Å²) in [5.41, 5.74) is 6.76. The van der Waals surface area contributed by atoms with Gasteiger partial charge in [0.1, 0.15) is 0 Å². The average molecular weight is 377 g/mol. The number of halogens is 1. The summed E-state index contributed by atoms with van der Waals surface area (Å²) in [4.78, 5) is 11.8. The molecule has 6 nitrogen and oxygen atoms in total. The number of aryl methyl sites for hydroxylation is 1. The lowest BCUT2D eigenvalue weighted by atomic mass is 9.92. The van der Waals surface area contributed by atoms with Crippen molar-refractivity contribution in [2.45, 2.75) is 37.6 Å². The largest absolute Gasteiger partial charge is 0.465 e. The van der Waals surface area contributed by atoms with Crippen molar-refractivity contribution >= 4 is 28.4 Å². The third-order valence-electron chi connectivity index (χ3n) is 4.47. The number of benzene rings is 1. The number of sulfonamides is 1. The minimum absolute atomic E-state index is 0. The third-order valence-corrected chi connectivity index (χ3v) is 6.51. The zero-order valence-corrected chi connectivity index (χ0v) is 15.8. The van der Waals surface area contributed by atoms with Crippen molar-refractivity contribution in [1.29, 1.82) is 0 Å². The van der Waals surface area contributed by atoms with E-state index in [0.717, 1.165) is 12.8 Å². The van der Waals surface area contributed by atoms with E-state index in [1.165, 1.54) is 17.5 Å². The number of piperidine rings is 1. The van der Waals surface area contributed by atoms with Crippen LogP contribution in [0.5, 0.6) is 0 Å². The summed E-state index contributed by atoms with van der Waals surface area (Å²) in [6, 6.07) is 4.68. The molecule has 0 aromatic heterocycles. The Morgan fingerprint density at radius 1 is 1.33 bits per heavy atom. The Labute approximate surface area is 149 Å². The SMILES string of the molecule is COC(=O)c1ccc(C)c(S(=O)(=O)N2CCC(C(C)N)CC2)c1.Cl. The first-order valence-electron chi connectivity index (χ1n) is 7.72. The van der Waals surface area contributed by atoms with Gasteiger partial charge in [0.2, 0.25) is 10.0 Å². The molecule has 1 unspecified atom stereocenters. The smallest absolute Gasteiger partial charge is 0.337 e. The van der Waals surface area contributed by atoms with Crippen LogP contribution in [0.15, 0.2) is 23.1 Å². The molecule has 8 heteroatoms. The van der Waals surface area contributed by atoms with Crippen molar-refractivity contribution < 1.29 is 17.9 Å². The summed E-state index contributed by atoms with van der Waals surface area (Å²) in [6.07, 6.45) is 1.51. The fourth-order valence-corrected chi connectivity index (χ4v) is 4.62. The van der Waals surface area contributed by atoms with Gasteiger partial charge in [-0.1, -0.05) is 6.07 Å². The molecular formula is C16H25ClN2O4S. The normalized spacial score (nSPS) is 17.8. The van der Waals surface area contributed by atoms with Crippen molar-refractivity contribution in [3.05, 3.63) is 29.3 Å². The van der Waals surface area contributed by atoms with Gasteiger partial charge < -0.3 is 10.5 Å². The molecule has 0 radical (unpaired) electrons. The second-order valence-electron chi connectivity index (χ2n) is 6.07. The van der Waals surface area contributed by atoms with E-state index in [9.17, 15) is 13.2 Å². The highest BCUT2D eigenvalue weighted by Gasteiger charge is 2.31. The van der Waals surface area contributed by atoms with Crippen LogP contribution in [0.1, 0.15) is 35.7 Å². The first-order valence-corrected chi connectivity index (χ1v) is 9.16. The van der Waals surface area contributed by atoms with Crippen molar-refractivity contribution in [3.8, 4) is 0 Å². The summed E-state index contributed by atoms with van der Waals surface area (Å²) in [6.45, 7) is 4.59. The van der Waals surface area contributed by atoms with Crippen LogP contribution in [0.3, 0.4) is 0 Å². The van der Waals surface area contributed by atoms with Crippen molar-refractivity contribution in [2.75, 3.05) is 20.2 Å². The van der Waals surface area contributed by atoms with Crippen LogP contribution in [0.25, 0.3) is 0 Å². The van der Waals surface area contributed by atoms with Gasteiger partial charge in [0, 0.05) is 19.1 Å². The van der Waals surface area contributed by atoms with Gasteiger partial charge in [-0.3, -0.25) is 0 Å². The molecule has 2 rings (SSSR count). The lowest BCUT2D eigenvalue weighted by Crippen LogP contribution is -2.42. The molecule has 24 heavy (non-hydrogen) atoms. The maximum atomic E-state index is 12.9. The van der Waals surface area contributed by atoms with E-state index in [4.69, 9.17) is 5.73 Å². The molecule has 1 atom stereocenters.